The molecule has 2 aliphatic carbocycles. The minimum atomic E-state index is 0.162. The first-order valence-electron chi connectivity index (χ1n) is 8.02. The second-order valence-electron chi connectivity index (χ2n) is 6.75. The molecule has 21 heavy (non-hydrogen) atoms. The van der Waals surface area contributed by atoms with Gasteiger partial charge >= 0.3 is 0 Å². The molecule has 0 saturated heterocycles. The summed E-state index contributed by atoms with van der Waals surface area (Å²) in [7, 11) is 0. The second kappa shape index (κ2) is 6.26. The SMILES string of the molecule is Cc1c(I)cnn1CCC(=O)NC(C)C1CC2CCC1C2. The Morgan fingerprint density at radius 1 is 1.52 bits per heavy atom. The molecule has 1 heterocycles. The van der Waals surface area contributed by atoms with Crippen molar-refractivity contribution in [3.8, 4) is 0 Å². The summed E-state index contributed by atoms with van der Waals surface area (Å²) in [5, 5.41) is 7.53. The quantitative estimate of drug-likeness (QED) is 0.771. The molecule has 1 N–H and O–H groups in total. The van der Waals surface area contributed by atoms with Crippen LogP contribution in [0.1, 0.15) is 44.7 Å². The Labute approximate surface area is 140 Å². The fourth-order valence-electron chi connectivity index (χ4n) is 4.20. The van der Waals surface area contributed by atoms with E-state index in [1.165, 1.54) is 25.7 Å². The Morgan fingerprint density at radius 3 is 2.90 bits per heavy atom. The van der Waals surface area contributed by atoms with Crippen LogP contribution in [0.2, 0.25) is 0 Å². The predicted molar refractivity (Wildman–Crippen MR) is 90.8 cm³/mol. The molecule has 2 saturated carbocycles. The van der Waals surface area contributed by atoms with Gasteiger partial charge in [-0.1, -0.05) is 6.42 Å². The first-order chi connectivity index (χ1) is 10.0. The number of nitrogens with one attached hydrogen (secondary N) is 1. The van der Waals surface area contributed by atoms with Crippen molar-refractivity contribution in [3.05, 3.63) is 15.5 Å². The lowest BCUT2D eigenvalue weighted by molar-refractivity contribution is -0.122. The topological polar surface area (TPSA) is 46.9 Å². The maximum Gasteiger partial charge on any atom is 0.222 e. The lowest BCUT2D eigenvalue weighted by atomic mass is 9.84. The number of halogens is 1. The van der Waals surface area contributed by atoms with E-state index in [9.17, 15) is 4.79 Å². The van der Waals surface area contributed by atoms with Gasteiger partial charge in [-0.25, -0.2) is 0 Å². The zero-order valence-electron chi connectivity index (χ0n) is 12.8. The summed E-state index contributed by atoms with van der Waals surface area (Å²) in [6.07, 6.45) is 7.88. The molecule has 4 nitrogen and oxygen atoms in total. The van der Waals surface area contributed by atoms with Gasteiger partial charge in [-0.15, -0.1) is 0 Å². The monoisotopic (exact) mass is 401 g/mol. The lowest BCUT2D eigenvalue weighted by Gasteiger charge is -2.28. The molecular weight excluding hydrogens is 377 g/mol. The number of carbonyl (C=O) groups is 1. The third-order valence-electron chi connectivity index (χ3n) is 5.42. The zero-order chi connectivity index (χ0) is 15.0. The summed E-state index contributed by atoms with van der Waals surface area (Å²) in [5.74, 6) is 2.67. The summed E-state index contributed by atoms with van der Waals surface area (Å²) in [5.41, 5.74) is 1.14. The highest BCUT2D eigenvalue weighted by Crippen LogP contribution is 2.49. The molecule has 3 rings (SSSR count). The van der Waals surface area contributed by atoms with Crippen molar-refractivity contribution in [3.63, 3.8) is 0 Å². The Hall–Kier alpha value is -0.590. The standard InChI is InChI=1S/C16H24IN3O/c1-10(14-8-12-3-4-13(14)7-12)19-16(21)5-6-20-11(2)15(17)9-18-20/h9-10,12-14H,3-8H2,1-2H3,(H,19,21). The summed E-state index contributed by atoms with van der Waals surface area (Å²) in [6, 6.07) is 0.326. The van der Waals surface area contributed by atoms with Crippen molar-refractivity contribution in [2.24, 2.45) is 17.8 Å². The molecular formula is C16H24IN3O. The second-order valence-corrected chi connectivity index (χ2v) is 7.91. The zero-order valence-corrected chi connectivity index (χ0v) is 15.0. The molecule has 2 bridgehead atoms. The van der Waals surface area contributed by atoms with Gasteiger partial charge in [0.15, 0.2) is 0 Å². The van der Waals surface area contributed by atoms with Gasteiger partial charge in [0.2, 0.25) is 5.91 Å². The molecule has 1 aromatic heterocycles. The molecule has 0 aliphatic heterocycles. The number of fused-ring (bicyclic) bond motifs is 2. The van der Waals surface area contributed by atoms with Crippen LogP contribution in [-0.2, 0) is 11.3 Å². The van der Waals surface area contributed by atoms with Crippen LogP contribution in [-0.4, -0.2) is 21.7 Å². The third kappa shape index (κ3) is 3.27. The van der Waals surface area contributed by atoms with Gasteiger partial charge < -0.3 is 5.32 Å². The molecule has 1 amide bonds. The molecule has 4 atom stereocenters. The van der Waals surface area contributed by atoms with Gasteiger partial charge in [0.05, 0.1) is 9.77 Å². The van der Waals surface area contributed by atoms with Gasteiger partial charge in [-0.2, -0.15) is 5.10 Å². The van der Waals surface area contributed by atoms with E-state index in [1.54, 1.807) is 0 Å². The van der Waals surface area contributed by atoms with Crippen LogP contribution >= 0.6 is 22.6 Å². The van der Waals surface area contributed by atoms with E-state index < -0.39 is 0 Å². The van der Waals surface area contributed by atoms with Crippen molar-refractivity contribution in [1.82, 2.24) is 15.1 Å². The minimum Gasteiger partial charge on any atom is -0.353 e. The van der Waals surface area contributed by atoms with Crippen LogP contribution in [0, 0.1) is 28.2 Å². The number of nitrogens with zero attached hydrogens (tertiary/aromatic N) is 2. The largest absolute Gasteiger partial charge is 0.353 e. The van der Waals surface area contributed by atoms with E-state index in [1.807, 2.05) is 17.8 Å². The van der Waals surface area contributed by atoms with Crippen molar-refractivity contribution in [2.75, 3.05) is 0 Å². The van der Waals surface area contributed by atoms with Crippen molar-refractivity contribution >= 4 is 28.5 Å². The van der Waals surface area contributed by atoms with E-state index >= 15 is 0 Å². The lowest BCUT2D eigenvalue weighted by Crippen LogP contribution is -2.40. The summed E-state index contributed by atoms with van der Waals surface area (Å²) in [6.45, 7) is 4.90. The molecule has 4 unspecified atom stereocenters. The van der Waals surface area contributed by atoms with E-state index in [2.05, 4.69) is 39.9 Å². The van der Waals surface area contributed by atoms with E-state index in [-0.39, 0.29) is 5.91 Å². The molecule has 0 aromatic carbocycles. The molecule has 5 heteroatoms. The van der Waals surface area contributed by atoms with Gasteiger partial charge in [-0.3, -0.25) is 9.48 Å². The van der Waals surface area contributed by atoms with Gasteiger partial charge in [0.25, 0.3) is 0 Å². The van der Waals surface area contributed by atoms with E-state index in [4.69, 9.17) is 0 Å². The molecule has 2 aliphatic rings. The van der Waals surface area contributed by atoms with Crippen LogP contribution in [0.3, 0.4) is 0 Å². The molecule has 1 aromatic rings. The number of rotatable bonds is 5. The average Bonchev–Trinajstić information content (AvgIpc) is 3.15. The highest BCUT2D eigenvalue weighted by Gasteiger charge is 2.42. The first-order valence-corrected chi connectivity index (χ1v) is 9.09. The van der Waals surface area contributed by atoms with Crippen LogP contribution in [0.25, 0.3) is 0 Å². The molecule has 0 radical (unpaired) electrons. The van der Waals surface area contributed by atoms with Crippen molar-refractivity contribution in [2.45, 2.75) is 58.5 Å². The van der Waals surface area contributed by atoms with Crippen LogP contribution in [0.5, 0.6) is 0 Å². The van der Waals surface area contributed by atoms with Crippen molar-refractivity contribution in [1.29, 1.82) is 0 Å². The number of hydrogen-bond acceptors (Lipinski definition) is 2. The summed E-state index contributed by atoms with van der Waals surface area (Å²) in [4.78, 5) is 12.2. The third-order valence-corrected chi connectivity index (χ3v) is 6.48. The predicted octanol–water partition coefficient (Wildman–Crippen LogP) is 3.13. The average molecular weight is 401 g/mol. The number of amides is 1. The van der Waals surface area contributed by atoms with E-state index in [0.717, 1.165) is 21.1 Å². The normalized spacial score (nSPS) is 28.8. The molecule has 0 spiro atoms. The number of carbonyl (C=O) groups excluding carboxylic acids is 1. The minimum absolute atomic E-state index is 0.162. The Kier molecular flexibility index (Phi) is 4.57. The highest BCUT2D eigenvalue weighted by atomic mass is 127. The number of hydrogen-bond donors (Lipinski definition) is 1. The summed E-state index contributed by atoms with van der Waals surface area (Å²) < 4.78 is 3.08. The van der Waals surface area contributed by atoms with Crippen LogP contribution in [0.4, 0.5) is 0 Å². The Morgan fingerprint density at radius 2 is 2.33 bits per heavy atom. The summed E-state index contributed by atoms with van der Waals surface area (Å²) >= 11 is 2.27. The maximum atomic E-state index is 12.2. The maximum absolute atomic E-state index is 12.2. The van der Waals surface area contributed by atoms with Gasteiger partial charge in [0.1, 0.15) is 0 Å². The number of aromatic nitrogens is 2. The highest BCUT2D eigenvalue weighted by molar-refractivity contribution is 14.1. The smallest absolute Gasteiger partial charge is 0.222 e. The fourth-order valence-corrected chi connectivity index (χ4v) is 4.60. The fraction of sp³-hybridized carbons (Fsp3) is 0.750. The Balaban J connectivity index is 1.47. The number of aryl methyl sites for hydroxylation is 1. The molecule has 2 fully saturated rings. The molecule has 116 valence electrons. The Bertz CT molecular complexity index is 528. The van der Waals surface area contributed by atoms with Crippen LogP contribution < -0.4 is 5.32 Å². The van der Waals surface area contributed by atoms with Gasteiger partial charge in [-0.05, 0) is 73.5 Å². The first kappa shape index (κ1) is 15.3. The van der Waals surface area contributed by atoms with Crippen molar-refractivity contribution < 1.29 is 4.79 Å². The van der Waals surface area contributed by atoms with Crippen LogP contribution in [0.15, 0.2) is 6.20 Å². The van der Waals surface area contributed by atoms with E-state index in [0.29, 0.717) is 24.9 Å². The van der Waals surface area contributed by atoms with Gasteiger partial charge in [0, 0.05) is 24.7 Å².